The zero-order valence-electron chi connectivity index (χ0n) is 10.9. The number of piperazine rings is 1. The van der Waals surface area contributed by atoms with E-state index in [1.54, 1.807) is 6.26 Å². The largest absolute Gasteiger partial charge is 0.468 e. The lowest BCUT2D eigenvalue weighted by molar-refractivity contribution is 0.125. The number of furan rings is 1. The molecule has 2 rings (SSSR count). The molecule has 0 radical (unpaired) electrons. The van der Waals surface area contributed by atoms with Crippen molar-refractivity contribution in [3.05, 3.63) is 23.7 Å². The van der Waals surface area contributed by atoms with Gasteiger partial charge in [0.15, 0.2) is 0 Å². The lowest BCUT2D eigenvalue weighted by atomic mass is 10.2. The topological polar surface area (TPSA) is 31.6 Å². The summed E-state index contributed by atoms with van der Waals surface area (Å²) in [7, 11) is 1.97. The van der Waals surface area contributed by atoms with E-state index in [9.17, 15) is 0 Å². The fourth-order valence-corrected chi connectivity index (χ4v) is 2.32. The summed E-state index contributed by atoms with van der Waals surface area (Å²) in [6.07, 6.45) is 1.80. The van der Waals surface area contributed by atoms with E-state index in [-0.39, 0.29) is 0 Å². The van der Waals surface area contributed by atoms with E-state index in [4.69, 9.17) is 4.42 Å². The Morgan fingerprint density at radius 3 is 2.59 bits per heavy atom. The van der Waals surface area contributed by atoms with Crippen molar-refractivity contribution in [2.24, 2.45) is 0 Å². The molecule has 0 bridgehead atoms. The average Bonchev–Trinajstić information content (AvgIpc) is 2.78. The highest BCUT2D eigenvalue weighted by Gasteiger charge is 2.17. The van der Waals surface area contributed by atoms with Gasteiger partial charge in [-0.1, -0.05) is 6.92 Å². The molecule has 1 saturated heterocycles. The minimum atomic E-state index is 0.890. The summed E-state index contributed by atoms with van der Waals surface area (Å²) in [5, 5.41) is 3.18. The van der Waals surface area contributed by atoms with E-state index in [1.807, 2.05) is 7.05 Å². The number of nitrogens with one attached hydrogen (secondary N) is 1. The molecule has 0 aromatic carbocycles. The molecular formula is C13H23N3O. The number of likely N-dealkylation sites (N-methyl/N-ethyl adjacent to an activating group) is 1. The molecular weight excluding hydrogens is 214 g/mol. The Morgan fingerprint density at radius 1 is 1.24 bits per heavy atom. The van der Waals surface area contributed by atoms with E-state index in [1.165, 1.54) is 25.2 Å². The van der Waals surface area contributed by atoms with Crippen LogP contribution in [0.3, 0.4) is 0 Å². The molecule has 4 nitrogen and oxygen atoms in total. The maximum atomic E-state index is 5.58. The summed E-state index contributed by atoms with van der Waals surface area (Å²) in [6, 6.07) is 2.06. The summed E-state index contributed by atoms with van der Waals surface area (Å²) in [5.74, 6) is 1.12. The van der Waals surface area contributed by atoms with Gasteiger partial charge in [-0.2, -0.15) is 0 Å². The van der Waals surface area contributed by atoms with Gasteiger partial charge in [0.2, 0.25) is 0 Å². The van der Waals surface area contributed by atoms with E-state index in [0.29, 0.717) is 0 Å². The predicted octanol–water partition coefficient (Wildman–Crippen LogP) is 1.14. The molecule has 2 heterocycles. The Morgan fingerprint density at radius 2 is 1.94 bits per heavy atom. The van der Waals surface area contributed by atoms with Crippen LogP contribution >= 0.6 is 0 Å². The lowest BCUT2D eigenvalue weighted by Crippen LogP contribution is -2.45. The number of hydrogen-bond acceptors (Lipinski definition) is 4. The zero-order valence-corrected chi connectivity index (χ0v) is 10.9. The van der Waals surface area contributed by atoms with Crippen LogP contribution in [0.5, 0.6) is 0 Å². The van der Waals surface area contributed by atoms with Crippen LogP contribution in [0.1, 0.15) is 18.2 Å². The molecule has 1 aromatic rings. The molecule has 0 spiro atoms. The monoisotopic (exact) mass is 237 g/mol. The third-order valence-corrected chi connectivity index (χ3v) is 3.48. The second-order valence-electron chi connectivity index (χ2n) is 4.61. The number of nitrogens with zero attached hydrogens (tertiary/aromatic N) is 2. The smallest absolute Gasteiger partial charge is 0.122 e. The van der Waals surface area contributed by atoms with Crippen LogP contribution < -0.4 is 5.32 Å². The van der Waals surface area contributed by atoms with Crippen molar-refractivity contribution in [1.29, 1.82) is 0 Å². The Hall–Kier alpha value is -0.840. The normalized spacial score (nSPS) is 18.7. The van der Waals surface area contributed by atoms with Gasteiger partial charge in [0, 0.05) is 38.3 Å². The molecule has 1 N–H and O–H groups in total. The molecule has 96 valence electrons. The van der Waals surface area contributed by atoms with Gasteiger partial charge in [-0.3, -0.25) is 4.90 Å². The third-order valence-electron chi connectivity index (χ3n) is 3.48. The molecule has 1 aliphatic heterocycles. The highest BCUT2D eigenvalue weighted by molar-refractivity contribution is 5.16. The van der Waals surface area contributed by atoms with E-state index in [2.05, 4.69) is 28.1 Å². The minimum absolute atomic E-state index is 0.890. The van der Waals surface area contributed by atoms with Gasteiger partial charge in [0.05, 0.1) is 12.8 Å². The first-order valence-electron chi connectivity index (χ1n) is 6.48. The van der Waals surface area contributed by atoms with Crippen molar-refractivity contribution < 1.29 is 4.42 Å². The van der Waals surface area contributed by atoms with Crippen molar-refractivity contribution in [1.82, 2.24) is 15.1 Å². The van der Waals surface area contributed by atoms with E-state index < -0.39 is 0 Å². The molecule has 0 atom stereocenters. The summed E-state index contributed by atoms with van der Waals surface area (Å²) in [6.45, 7) is 9.88. The minimum Gasteiger partial charge on any atom is -0.468 e. The predicted molar refractivity (Wildman–Crippen MR) is 68.9 cm³/mol. The maximum Gasteiger partial charge on any atom is 0.122 e. The molecule has 0 unspecified atom stereocenters. The van der Waals surface area contributed by atoms with Gasteiger partial charge >= 0.3 is 0 Å². The third kappa shape index (κ3) is 3.31. The fourth-order valence-electron chi connectivity index (χ4n) is 2.32. The SMILES string of the molecule is CCN1CCN(Cc2occc2CNC)CC1. The molecule has 1 aromatic heterocycles. The van der Waals surface area contributed by atoms with Gasteiger partial charge in [0.1, 0.15) is 5.76 Å². The Labute approximate surface area is 104 Å². The van der Waals surface area contributed by atoms with Crippen molar-refractivity contribution in [3.63, 3.8) is 0 Å². The van der Waals surface area contributed by atoms with Crippen molar-refractivity contribution in [3.8, 4) is 0 Å². The Balaban J connectivity index is 1.86. The van der Waals surface area contributed by atoms with Crippen LogP contribution in [-0.2, 0) is 13.1 Å². The van der Waals surface area contributed by atoms with Gasteiger partial charge in [-0.15, -0.1) is 0 Å². The molecule has 0 aliphatic carbocycles. The summed E-state index contributed by atoms with van der Waals surface area (Å²) >= 11 is 0. The first kappa shape index (κ1) is 12.6. The standard InChI is InChI=1S/C13H23N3O/c1-3-15-5-7-16(8-6-15)11-13-12(10-14-2)4-9-17-13/h4,9,14H,3,5-8,10-11H2,1-2H3. The van der Waals surface area contributed by atoms with Gasteiger partial charge in [0.25, 0.3) is 0 Å². The second kappa shape index (κ2) is 6.19. The summed E-state index contributed by atoms with van der Waals surface area (Å²) < 4.78 is 5.58. The number of rotatable bonds is 5. The van der Waals surface area contributed by atoms with E-state index >= 15 is 0 Å². The lowest BCUT2D eigenvalue weighted by Gasteiger charge is -2.33. The highest BCUT2D eigenvalue weighted by Crippen LogP contribution is 2.14. The van der Waals surface area contributed by atoms with Gasteiger partial charge in [-0.05, 0) is 19.7 Å². The fraction of sp³-hybridized carbons (Fsp3) is 0.692. The summed E-state index contributed by atoms with van der Waals surface area (Å²) in [4.78, 5) is 4.97. The molecule has 0 saturated carbocycles. The van der Waals surface area contributed by atoms with Crippen LogP contribution in [0, 0.1) is 0 Å². The molecule has 4 heteroatoms. The zero-order chi connectivity index (χ0) is 12.1. The molecule has 0 amide bonds. The van der Waals surface area contributed by atoms with Gasteiger partial charge < -0.3 is 14.6 Å². The molecule has 17 heavy (non-hydrogen) atoms. The van der Waals surface area contributed by atoms with Crippen LogP contribution in [-0.4, -0.2) is 49.6 Å². The second-order valence-corrected chi connectivity index (χ2v) is 4.61. The Kier molecular flexibility index (Phi) is 4.59. The molecule has 1 fully saturated rings. The van der Waals surface area contributed by atoms with Crippen LogP contribution in [0.25, 0.3) is 0 Å². The quantitative estimate of drug-likeness (QED) is 0.832. The van der Waals surface area contributed by atoms with Crippen molar-refractivity contribution >= 4 is 0 Å². The van der Waals surface area contributed by atoms with Crippen LogP contribution in [0.2, 0.25) is 0 Å². The van der Waals surface area contributed by atoms with Crippen molar-refractivity contribution in [2.75, 3.05) is 39.8 Å². The average molecular weight is 237 g/mol. The summed E-state index contributed by atoms with van der Waals surface area (Å²) in [5.41, 5.74) is 1.28. The van der Waals surface area contributed by atoms with Crippen molar-refractivity contribution in [2.45, 2.75) is 20.0 Å². The van der Waals surface area contributed by atoms with Gasteiger partial charge in [-0.25, -0.2) is 0 Å². The Bertz CT molecular complexity index is 329. The van der Waals surface area contributed by atoms with Crippen LogP contribution in [0.4, 0.5) is 0 Å². The van der Waals surface area contributed by atoms with E-state index in [0.717, 1.165) is 31.9 Å². The first-order chi connectivity index (χ1) is 8.33. The van der Waals surface area contributed by atoms with Crippen LogP contribution in [0.15, 0.2) is 16.7 Å². The molecule has 1 aliphatic rings. The first-order valence-corrected chi connectivity index (χ1v) is 6.48. The maximum absolute atomic E-state index is 5.58. The highest BCUT2D eigenvalue weighted by atomic mass is 16.3. The number of hydrogen-bond donors (Lipinski definition) is 1.